The van der Waals surface area contributed by atoms with Crippen molar-refractivity contribution in [2.45, 2.75) is 18.9 Å². The zero-order chi connectivity index (χ0) is 13.7. The van der Waals surface area contributed by atoms with Crippen molar-refractivity contribution in [1.29, 1.82) is 0 Å². The van der Waals surface area contributed by atoms with Crippen LogP contribution in [0, 0.1) is 11.8 Å². The molecule has 6 nitrogen and oxygen atoms in total. The van der Waals surface area contributed by atoms with Crippen LogP contribution < -0.4 is 4.90 Å². The van der Waals surface area contributed by atoms with Gasteiger partial charge < -0.3 is 14.5 Å². The number of nitrogens with zero attached hydrogens (tertiary/aromatic N) is 4. The number of piperidine rings is 1. The van der Waals surface area contributed by atoms with Gasteiger partial charge >= 0.3 is 6.09 Å². The van der Waals surface area contributed by atoms with Crippen LogP contribution in [0.4, 0.5) is 9.93 Å². The van der Waals surface area contributed by atoms with E-state index in [2.05, 4.69) is 31.0 Å². The molecule has 8 heteroatoms. The molecule has 2 saturated heterocycles. The highest BCUT2D eigenvalue weighted by Gasteiger charge is 2.48. The molecular formula is C12H15BrN4O2S. The Morgan fingerprint density at radius 2 is 2.00 bits per heavy atom. The maximum atomic E-state index is 11.8. The first kappa shape index (κ1) is 12.8. The van der Waals surface area contributed by atoms with Gasteiger partial charge in [-0.2, -0.15) is 0 Å². The Morgan fingerprint density at radius 1 is 1.25 bits per heavy atom. The average molecular weight is 359 g/mol. The third-order valence-electron chi connectivity index (χ3n) is 4.60. The lowest BCUT2D eigenvalue weighted by molar-refractivity contribution is 0.122. The van der Waals surface area contributed by atoms with Crippen molar-refractivity contribution in [3.8, 4) is 0 Å². The van der Waals surface area contributed by atoms with Gasteiger partial charge in [0.2, 0.25) is 5.13 Å². The summed E-state index contributed by atoms with van der Waals surface area (Å²) in [6, 6.07) is 0.359. The number of anilines is 1. The number of hydrogen-bond acceptors (Lipinski definition) is 6. The highest BCUT2D eigenvalue weighted by molar-refractivity contribution is 9.11. The van der Waals surface area contributed by atoms with Gasteiger partial charge in [-0.25, -0.2) is 4.79 Å². The van der Waals surface area contributed by atoms with E-state index in [0.29, 0.717) is 24.5 Å². The van der Waals surface area contributed by atoms with E-state index in [-0.39, 0.29) is 6.09 Å². The molecule has 0 spiro atoms. The van der Waals surface area contributed by atoms with Crippen molar-refractivity contribution in [2.75, 3.05) is 31.1 Å². The molecule has 1 saturated carbocycles. The molecule has 1 aromatic rings. The molecule has 0 unspecified atom stereocenters. The molecule has 1 amide bonds. The van der Waals surface area contributed by atoms with Gasteiger partial charge in [-0.3, -0.25) is 0 Å². The second-order valence-corrected chi connectivity index (χ2v) is 7.87. The van der Waals surface area contributed by atoms with Gasteiger partial charge in [-0.15, -0.1) is 10.2 Å². The molecule has 3 heterocycles. The Hall–Kier alpha value is -0.890. The van der Waals surface area contributed by atoms with Crippen molar-refractivity contribution in [1.82, 2.24) is 15.1 Å². The Labute approximate surface area is 129 Å². The lowest BCUT2D eigenvalue weighted by atomic mass is 9.91. The summed E-state index contributed by atoms with van der Waals surface area (Å²) < 4.78 is 5.93. The smallest absolute Gasteiger partial charge is 0.410 e. The number of carbonyl (C=O) groups is 1. The third-order valence-corrected chi connectivity index (χ3v) is 6.01. The molecule has 0 N–H and O–H groups in total. The predicted molar refractivity (Wildman–Crippen MR) is 77.9 cm³/mol. The molecule has 4 rings (SSSR count). The number of aromatic nitrogens is 2. The van der Waals surface area contributed by atoms with Crippen molar-refractivity contribution in [2.24, 2.45) is 11.8 Å². The molecule has 3 fully saturated rings. The Bertz CT molecular complexity index is 525. The monoisotopic (exact) mass is 358 g/mol. The fourth-order valence-electron chi connectivity index (χ4n) is 3.86. The maximum Gasteiger partial charge on any atom is 0.410 e. The van der Waals surface area contributed by atoms with Crippen LogP contribution in [0.25, 0.3) is 0 Å². The van der Waals surface area contributed by atoms with Gasteiger partial charge in [-0.1, -0.05) is 11.3 Å². The number of amides is 1. The van der Waals surface area contributed by atoms with E-state index in [9.17, 15) is 4.79 Å². The number of carbonyl (C=O) groups excluding carboxylic acids is 1. The molecule has 108 valence electrons. The van der Waals surface area contributed by atoms with E-state index in [1.807, 2.05) is 4.90 Å². The summed E-state index contributed by atoms with van der Waals surface area (Å²) in [7, 11) is 0. The van der Waals surface area contributed by atoms with E-state index in [0.717, 1.165) is 28.7 Å². The Balaban J connectivity index is 1.53. The first-order valence-corrected chi connectivity index (χ1v) is 8.50. The van der Waals surface area contributed by atoms with Crippen LogP contribution in [0.2, 0.25) is 0 Å². The Morgan fingerprint density at radius 3 is 2.55 bits per heavy atom. The predicted octanol–water partition coefficient (Wildman–Crippen LogP) is 1.97. The molecule has 2 bridgehead atoms. The van der Waals surface area contributed by atoms with E-state index in [4.69, 9.17) is 4.74 Å². The number of fused-ring (bicyclic) bond motifs is 2. The van der Waals surface area contributed by atoms with Crippen molar-refractivity contribution in [3.05, 3.63) is 3.92 Å². The van der Waals surface area contributed by atoms with Crippen LogP contribution in [0.15, 0.2) is 3.92 Å². The Kier molecular flexibility index (Phi) is 3.10. The minimum Gasteiger partial charge on any atom is -0.448 e. The summed E-state index contributed by atoms with van der Waals surface area (Å²) >= 11 is 4.94. The molecule has 3 aliphatic rings. The molecule has 2 aliphatic heterocycles. The zero-order valence-corrected chi connectivity index (χ0v) is 13.3. The topological polar surface area (TPSA) is 58.6 Å². The molecular weight excluding hydrogens is 344 g/mol. The van der Waals surface area contributed by atoms with Gasteiger partial charge in [-0.05, 0) is 40.6 Å². The summed E-state index contributed by atoms with van der Waals surface area (Å²) in [5.41, 5.74) is 0. The second-order valence-electron chi connectivity index (χ2n) is 5.64. The number of halogens is 1. The molecule has 3 atom stereocenters. The SMILES string of the molecule is O=C1OCCN1[C@@H]1[C@@H]2CC[C@H]1CN(c1nnc(Br)s1)C2. The second kappa shape index (κ2) is 4.84. The first-order valence-electron chi connectivity index (χ1n) is 6.90. The van der Waals surface area contributed by atoms with Gasteiger partial charge in [0.05, 0.1) is 6.54 Å². The van der Waals surface area contributed by atoms with Crippen LogP contribution in [0.1, 0.15) is 12.8 Å². The highest BCUT2D eigenvalue weighted by atomic mass is 79.9. The van der Waals surface area contributed by atoms with Crippen LogP contribution in [-0.4, -0.2) is 53.5 Å². The van der Waals surface area contributed by atoms with Crippen molar-refractivity contribution >= 4 is 38.5 Å². The summed E-state index contributed by atoms with van der Waals surface area (Å²) in [5, 5.41) is 9.23. The minimum atomic E-state index is -0.126. The number of rotatable bonds is 2. The van der Waals surface area contributed by atoms with E-state index in [1.165, 1.54) is 12.8 Å². The normalized spacial score (nSPS) is 32.9. The summed E-state index contributed by atoms with van der Waals surface area (Å²) in [6.07, 6.45) is 2.25. The van der Waals surface area contributed by atoms with Gasteiger partial charge in [0.25, 0.3) is 0 Å². The first-order chi connectivity index (χ1) is 9.72. The van der Waals surface area contributed by atoms with Crippen molar-refractivity contribution < 1.29 is 9.53 Å². The maximum absolute atomic E-state index is 11.8. The molecule has 0 radical (unpaired) electrons. The quantitative estimate of drug-likeness (QED) is 0.808. The molecule has 0 aromatic carbocycles. The number of ether oxygens (including phenoxy) is 1. The number of cyclic esters (lactones) is 1. The van der Waals surface area contributed by atoms with Crippen LogP contribution >= 0.6 is 27.3 Å². The highest BCUT2D eigenvalue weighted by Crippen LogP contribution is 2.42. The minimum absolute atomic E-state index is 0.126. The molecule has 1 aromatic heterocycles. The van der Waals surface area contributed by atoms with Gasteiger partial charge in [0.1, 0.15) is 6.61 Å². The molecule has 1 aliphatic carbocycles. The number of hydrogen-bond donors (Lipinski definition) is 0. The summed E-state index contributed by atoms with van der Waals surface area (Å²) in [5.74, 6) is 1.06. The molecule has 20 heavy (non-hydrogen) atoms. The third kappa shape index (κ3) is 2.00. The largest absolute Gasteiger partial charge is 0.448 e. The van der Waals surface area contributed by atoms with Crippen molar-refractivity contribution in [3.63, 3.8) is 0 Å². The summed E-state index contributed by atoms with van der Waals surface area (Å²) in [4.78, 5) is 16.1. The fraction of sp³-hybridized carbons (Fsp3) is 0.750. The lowest BCUT2D eigenvalue weighted by Gasteiger charge is -2.41. The summed E-state index contributed by atoms with van der Waals surface area (Å²) in [6.45, 7) is 3.22. The van der Waals surface area contributed by atoms with E-state index < -0.39 is 0 Å². The van der Waals surface area contributed by atoms with E-state index >= 15 is 0 Å². The van der Waals surface area contributed by atoms with Crippen LogP contribution in [0.3, 0.4) is 0 Å². The van der Waals surface area contributed by atoms with Gasteiger partial charge in [0.15, 0.2) is 3.92 Å². The van der Waals surface area contributed by atoms with E-state index in [1.54, 1.807) is 11.3 Å². The average Bonchev–Trinajstić information content (AvgIpc) is 3.09. The zero-order valence-electron chi connectivity index (χ0n) is 10.9. The lowest BCUT2D eigenvalue weighted by Crippen LogP contribution is -2.53. The van der Waals surface area contributed by atoms with Crippen LogP contribution in [0.5, 0.6) is 0 Å². The van der Waals surface area contributed by atoms with Crippen LogP contribution in [-0.2, 0) is 4.74 Å². The van der Waals surface area contributed by atoms with Gasteiger partial charge in [0, 0.05) is 19.1 Å². The standard InChI is InChI=1S/C12H15BrN4O2S/c13-10-14-15-11(20-10)16-5-7-1-2-8(6-16)9(7)17-3-4-19-12(17)18/h7-9H,1-6H2/t7-,8+,9-. The fourth-order valence-corrected chi connectivity index (χ4v) is 4.97.